The molecule has 1 aliphatic heterocycles. The number of hydrogen-bond donors (Lipinski definition) is 0. The zero-order chi connectivity index (χ0) is 25.5. The number of aromatic nitrogens is 4. The zero-order valence-corrected chi connectivity index (χ0v) is 21.9. The first-order valence-corrected chi connectivity index (χ1v) is 11.7. The van der Waals surface area contributed by atoms with Gasteiger partial charge in [-0.05, 0) is 75.7 Å². The molecule has 0 spiro atoms. The standard InChI is InChI=1S/C24H26BrN5O5/c1-23(2,3)34-21(31)30(22(32)35-24(4,5)6)19-14(8-7-10-27-19)17-18(25)28-20-15-12-26-11-9-16(15)33-13-29(17)20/h7-12H,13H2,1-6H3. The largest absolute Gasteiger partial charge is 0.472 e. The van der Waals surface area contributed by atoms with Gasteiger partial charge in [0.1, 0.15) is 27.4 Å². The number of fused-ring (bicyclic) bond motifs is 3. The lowest BCUT2D eigenvalue weighted by molar-refractivity contribution is 0.0429. The van der Waals surface area contributed by atoms with Gasteiger partial charge in [-0.3, -0.25) is 9.55 Å². The van der Waals surface area contributed by atoms with Crippen molar-refractivity contribution in [1.29, 1.82) is 0 Å². The summed E-state index contributed by atoms with van der Waals surface area (Å²) in [6, 6.07) is 5.20. The maximum absolute atomic E-state index is 13.2. The minimum atomic E-state index is -0.910. The maximum Gasteiger partial charge on any atom is 0.425 e. The van der Waals surface area contributed by atoms with Crippen LogP contribution in [0.3, 0.4) is 0 Å². The van der Waals surface area contributed by atoms with E-state index in [1.165, 1.54) is 6.20 Å². The van der Waals surface area contributed by atoms with E-state index in [9.17, 15) is 9.59 Å². The van der Waals surface area contributed by atoms with Gasteiger partial charge in [-0.1, -0.05) is 0 Å². The number of carbonyl (C=O) groups excluding carboxylic acids is 2. The van der Waals surface area contributed by atoms with E-state index in [1.54, 1.807) is 72.1 Å². The van der Waals surface area contributed by atoms with Crippen molar-refractivity contribution in [3.05, 3.63) is 41.4 Å². The van der Waals surface area contributed by atoms with Crippen molar-refractivity contribution in [3.63, 3.8) is 0 Å². The molecule has 0 fully saturated rings. The van der Waals surface area contributed by atoms with Crippen molar-refractivity contribution in [2.45, 2.75) is 59.5 Å². The Balaban J connectivity index is 1.87. The molecular formula is C24H26BrN5O5. The van der Waals surface area contributed by atoms with Gasteiger partial charge in [0.25, 0.3) is 0 Å². The van der Waals surface area contributed by atoms with Crippen LogP contribution in [0.2, 0.25) is 0 Å². The van der Waals surface area contributed by atoms with E-state index < -0.39 is 23.4 Å². The Bertz CT molecular complexity index is 1260. The fraction of sp³-hybridized carbons (Fsp3) is 0.375. The molecule has 184 valence electrons. The average molecular weight is 544 g/mol. The minimum absolute atomic E-state index is 0.0383. The van der Waals surface area contributed by atoms with Crippen molar-refractivity contribution in [1.82, 2.24) is 19.5 Å². The predicted molar refractivity (Wildman–Crippen MR) is 132 cm³/mol. The third-order valence-electron chi connectivity index (χ3n) is 4.70. The average Bonchev–Trinajstić information content (AvgIpc) is 3.08. The summed E-state index contributed by atoms with van der Waals surface area (Å²) in [6.07, 6.45) is 2.98. The number of carbonyl (C=O) groups is 2. The van der Waals surface area contributed by atoms with Crippen LogP contribution in [0.4, 0.5) is 15.4 Å². The van der Waals surface area contributed by atoms with E-state index in [1.807, 2.05) is 4.57 Å². The maximum atomic E-state index is 13.2. The summed E-state index contributed by atoms with van der Waals surface area (Å²) >= 11 is 3.53. The molecule has 1 aliphatic rings. The molecule has 0 atom stereocenters. The summed E-state index contributed by atoms with van der Waals surface area (Å²) in [7, 11) is 0. The SMILES string of the molecule is CC(C)(C)OC(=O)N(C(=O)OC(C)(C)C)c1ncccc1-c1c(Br)nc2n1COc1ccncc1-2. The van der Waals surface area contributed by atoms with Crippen LogP contribution in [0.25, 0.3) is 22.6 Å². The highest BCUT2D eigenvalue weighted by Crippen LogP contribution is 2.42. The van der Waals surface area contributed by atoms with Gasteiger partial charge in [-0.15, -0.1) is 0 Å². The van der Waals surface area contributed by atoms with E-state index in [0.717, 1.165) is 4.90 Å². The Kier molecular flexibility index (Phi) is 6.31. The summed E-state index contributed by atoms with van der Waals surface area (Å²) in [4.78, 5) is 40.5. The Morgan fingerprint density at radius 1 is 1.03 bits per heavy atom. The molecule has 2 amide bonds. The second kappa shape index (κ2) is 8.95. The summed E-state index contributed by atoms with van der Waals surface area (Å²) in [5.74, 6) is 1.32. The normalized spacial score (nSPS) is 12.8. The molecule has 10 nitrogen and oxygen atoms in total. The molecule has 0 unspecified atom stereocenters. The van der Waals surface area contributed by atoms with Crippen molar-refractivity contribution in [3.8, 4) is 28.4 Å². The van der Waals surface area contributed by atoms with Gasteiger partial charge in [0, 0.05) is 24.2 Å². The molecule has 0 bridgehead atoms. The Morgan fingerprint density at radius 3 is 2.31 bits per heavy atom. The number of halogens is 1. The summed E-state index contributed by atoms with van der Waals surface area (Å²) < 4.78 is 19.3. The number of nitrogens with zero attached hydrogens (tertiary/aromatic N) is 5. The number of imide groups is 1. The van der Waals surface area contributed by atoms with Crippen LogP contribution in [0.5, 0.6) is 5.75 Å². The number of hydrogen-bond acceptors (Lipinski definition) is 8. The third kappa shape index (κ3) is 5.14. The van der Waals surface area contributed by atoms with E-state index >= 15 is 0 Å². The van der Waals surface area contributed by atoms with Gasteiger partial charge in [-0.25, -0.2) is 19.6 Å². The van der Waals surface area contributed by atoms with E-state index in [-0.39, 0.29) is 12.5 Å². The monoisotopic (exact) mass is 543 g/mol. The molecule has 0 saturated heterocycles. The molecular weight excluding hydrogens is 518 g/mol. The van der Waals surface area contributed by atoms with Crippen LogP contribution in [0.1, 0.15) is 41.5 Å². The number of rotatable bonds is 2. The van der Waals surface area contributed by atoms with Crippen LogP contribution in [-0.2, 0) is 16.2 Å². The van der Waals surface area contributed by atoms with Gasteiger partial charge < -0.3 is 14.2 Å². The topological polar surface area (TPSA) is 109 Å². The Labute approximate surface area is 211 Å². The highest BCUT2D eigenvalue weighted by Gasteiger charge is 2.36. The molecule has 0 saturated carbocycles. The molecule has 3 aromatic rings. The highest BCUT2D eigenvalue weighted by atomic mass is 79.9. The van der Waals surface area contributed by atoms with Crippen molar-refractivity contribution in [2.24, 2.45) is 0 Å². The van der Waals surface area contributed by atoms with E-state index in [2.05, 4.69) is 30.9 Å². The number of pyridine rings is 2. The summed E-state index contributed by atoms with van der Waals surface area (Å²) in [5.41, 5.74) is 0.0215. The number of amides is 2. The third-order valence-corrected chi connectivity index (χ3v) is 5.25. The van der Waals surface area contributed by atoms with Crippen molar-refractivity contribution >= 4 is 33.9 Å². The molecule has 0 aliphatic carbocycles. The van der Waals surface area contributed by atoms with Gasteiger partial charge >= 0.3 is 12.2 Å². The summed E-state index contributed by atoms with van der Waals surface area (Å²) in [5, 5.41) is 0. The fourth-order valence-corrected chi connectivity index (χ4v) is 4.04. The van der Waals surface area contributed by atoms with Crippen molar-refractivity contribution < 1.29 is 23.8 Å². The van der Waals surface area contributed by atoms with Crippen LogP contribution in [-0.4, -0.2) is 42.9 Å². The van der Waals surface area contributed by atoms with Gasteiger partial charge in [0.05, 0.1) is 11.3 Å². The second-order valence-corrected chi connectivity index (χ2v) is 10.6. The predicted octanol–water partition coefficient (Wildman–Crippen LogP) is 5.80. The first-order chi connectivity index (χ1) is 16.4. The molecule has 0 N–H and O–H groups in total. The lowest BCUT2D eigenvalue weighted by Gasteiger charge is -2.29. The minimum Gasteiger partial charge on any atom is -0.472 e. The first kappa shape index (κ1) is 24.6. The van der Waals surface area contributed by atoms with Crippen LogP contribution in [0, 0.1) is 0 Å². The Morgan fingerprint density at radius 2 is 1.69 bits per heavy atom. The highest BCUT2D eigenvalue weighted by molar-refractivity contribution is 9.10. The van der Waals surface area contributed by atoms with Gasteiger partial charge in [0.15, 0.2) is 12.5 Å². The van der Waals surface area contributed by atoms with E-state index in [0.29, 0.717) is 33.0 Å². The molecule has 4 rings (SSSR count). The lowest BCUT2D eigenvalue weighted by Crippen LogP contribution is -2.44. The van der Waals surface area contributed by atoms with Crippen LogP contribution < -0.4 is 9.64 Å². The van der Waals surface area contributed by atoms with Crippen molar-refractivity contribution in [2.75, 3.05) is 4.90 Å². The lowest BCUT2D eigenvalue weighted by atomic mass is 10.1. The van der Waals surface area contributed by atoms with Crippen LogP contribution in [0.15, 0.2) is 41.4 Å². The second-order valence-electron chi connectivity index (χ2n) is 9.82. The Hall–Kier alpha value is -3.47. The molecule has 0 aromatic carbocycles. The molecule has 3 aromatic heterocycles. The smallest absolute Gasteiger partial charge is 0.425 e. The number of imidazole rings is 1. The molecule has 4 heterocycles. The zero-order valence-electron chi connectivity index (χ0n) is 20.3. The summed E-state index contributed by atoms with van der Waals surface area (Å²) in [6.45, 7) is 10.4. The number of ether oxygens (including phenoxy) is 3. The number of anilines is 1. The fourth-order valence-electron chi connectivity index (χ4n) is 3.44. The van der Waals surface area contributed by atoms with E-state index in [4.69, 9.17) is 14.2 Å². The van der Waals surface area contributed by atoms with Gasteiger partial charge in [0.2, 0.25) is 0 Å². The van der Waals surface area contributed by atoms with Gasteiger partial charge in [-0.2, -0.15) is 4.90 Å². The molecule has 35 heavy (non-hydrogen) atoms. The molecule has 11 heteroatoms. The van der Waals surface area contributed by atoms with Crippen LogP contribution >= 0.6 is 15.9 Å². The first-order valence-electron chi connectivity index (χ1n) is 10.9. The molecule has 0 radical (unpaired) electrons. The quantitative estimate of drug-likeness (QED) is 0.399.